The molecule has 22 heavy (non-hydrogen) atoms. The molecule has 6 heteroatoms. The largest absolute Gasteiger partial charge is 0.353 e. The lowest BCUT2D eigenvalue weighted by Crippen LogP contribution is -2.51. The van der Waals surface area contributed by atoms with Gasteiger partial charge in [-0.05, 0) is 37.5 Å². The fraction of sp³-hybridized carbons (Fsp3) is 0.438. The van der Waals surface area contributed by atoms with Gasteiger partial charge < -0.3 is 15.5 Å². The number of pyridine rings is 1. The summed E-state index contributed by atoms with van der Waals surface area (Å²) in [5.74, 6) is 1.62. The maximum absolute atomic E-state index is 4.67. The third-order valence-corrected chi connectivity index (χ3v) is 4.31. The Balaban J connectivity index is 1.53. The molecule has 0 aliphatic carbocycles. The minimum absolute atomic E-state index is 0.603. The van der Waals surface area contributed by atoms with Crippen LogP contribution in [0, 0.1) is 6.92 Å². The molecule has 2 aliphatic rings. The molecule has 6 nitrogen and oxygen atoms in total. The Labute approximate surface area is 130 Å². The van der Waals surface area contributed by atoms with Crippen LogP contribution in [0.1, 0.15) is 18.4 Å². The van der Waals surface area contributed by atoms with Gasteiger partial charge in [-0.25, -0.2) is 4.98 Å². The molecule has 0 radical (unpaired) electrons. The van der Waals surface area contributed by atoms with Crippen molar-refractivity contribution < 1.29 is 0 Å². The monoisotopic (exact) mass is 296 g/mol. The number of piperazine rings is 1. The first-order valence-corrected chi connectivity index (χ1v) is 7.79. The molecule has 0 aromatic carbocycles. The molecule has 2 aliphatic heterocycles. The van der Waals surface area contributed by atoms with Crippen LogP contribution in [0.2, 0.25) is 0 Å². The molecule has 114 valence electrons. The van der Waals surface area contributed by atoms with Gasteiger partial charge in [0, 0.05) is 37.6 Å². The minimum Gasteiger partial charge on any atom is -0.353 e. The van der Waals surface area contributed by atoms with E-state index in [1.165, 1.54) is 12.8 Å². The van der Waals surface area contributed by atoms with Crippen LogP contribution in [0.3, 0.4) is 0 Å². The first-order chi connectivity index (χ1) is 10.8. The van der Waals surface area contributed by atoms with E-state index < -0.39 is 0 Å². The highest BCUT2D eigenvalue weighted by Gasteiger charge is 2.32. The van der Waals surface area contributed by atoms with Crippen molar-refractivity contribution in [3.05, 3.63) is 36.3 Å². The van der Waals surface area contributed by atoms with Crippen LogP contribution >= 0.6 is 0 Å². The second kappa shape index (κ2) is 5.53. The lowest BCUT2D eigenvalue weighted by Gasteiger charge is -2.33. The number of hydrogen-bond donors (Lipinski definition) is 2. The van der Waals surface area contributed by atoms with Crippen molar-refractivity contribution in [2.75, 3.05) is 23.3 Å². The molecular formula is C16H20N6. The fourth-order valence-corrected chi connectivity index (χ4v) is 3.32. The minimum atomic E-state index is 0.603. The second-order valence-corrected chi connectivity index (χ2v) is 6.16. The second-order valence-electron chi connectivity index (χ2n) is 6.16. The van der Waals surface area contributed by atoms with Crippen molar-refractivity contribution in [1.29, 1.82) is 0 Å². The summed E-state index contributed by atoms with van der Waals surface area (Å²) in [6.45, 7) is 4.07. The third kappa shape index (κ3) is 2.74. The van der Waals surface area contributed by atoms with Crippen LogP contribution in [0.25, 0.3) is 0 Å². The van der Waals surface area contributed by atoms with Crippen molar-refractivity contribution in [2.45, 2.75) is 31.8 Å². The van der Waals surface area contributed by atoms with E-state index in [0.29, 0.717) is 18.0 Å². The van der Waals surface area contributed by atoms with E-state index >= 15 is 0 Å². The first-order valence-electron chi connectivity index (χ1n) is 7.79. The van der Waals surface area contributed by atoms with Gasteiger partial charge in [-0.1, -0.05) is 0 Å². The van der Waals surface area contributed by atoms with Crippen LogP contribution in [0.5, 0.6) is 0 Å². The van der Waals surface area contributed by atoms with Crippen molar-refractivity contribution in [3.63, 3.8) is 0 Å². The van der Waals surface area contributed by atoms with Gasteiger partial charge in [0.05, 0.1) is 11.9 Å². The number of aromatic nitrogens is 3. The van der Waals surface area contributed by atoms with E-state index in [1.54, 1.807) is 6.20 Å². The number of rotatable bonds is 3. The number of fused-ring (bicyclic) bond motifs is 2. The summed E-state index contributed by atoms with van der Waals surface area (Å²) in [7, 11) is 0. The summed E-state index contributed by atoms with van der Waals surface area (Å²) in [6.07, 6.45) is 7.98. The fourth-order valence-electron chi connectivity index (χ4n) is 3.32. The van der Waals surface area contributed by atoms with Gasteiger partial charge in [0.15, 0.2) is 0 Å². The molecule has 4 rings (SSSR count). The first kappa shape index (κ1) is 13.5. The Hall–Kier alpha value is -2.21. The molecule has 2 atom stereocenters. The van der Waals surface area contributed by atoms with Gasteiger partial charge in [-0.3, -0.25) is 4.98 Å². The van der Waals surface area contributed by atoms with Crippen molar-refractivity contribution >= 4 is 17.5 Å². The molecule has 0 amide bonds. The third-order valence-electron chi connectivity index (χ3n) is 4.31. The predicted octanol–water partition coefficient (Wildman–Crippen LogP) is 1.86. The number of nitrogens with one attached hydrogen (secondary N) is 2. The average Bonchev–Trinajstić information content (AvgIpc) is 2.86. The van der Waals surface area contributed by atoms with Gasteiger partial charge in [0.25, 0.3) is 0 Å². The lowest BCUT2D eigenvalue weighted by atomic mass is 10.2. The average molecular weight is 296 g/mol. The Morgan fingerprint density at radius 1 is 1.23 bits per heavy atom. The highest BCUT2D eigenvalue weighted by atomic mass is 15.3. The summed E-state index contributed by atoms with van der Waals surface area (Å²) in [6, 6.07) is 5.23. The molecule has 2 fully saturated rings. The van der Waals surface area contributed by atoms with Crippen LogP contribution in [0.15, 0.2) is 30.7 Å². The molecule has 2 aromatic rings. The molecule has 2 N–H and O–H groups in total. The predicted molar refractivity (Wildman–Crippen MR) is 86.4 cm³/mol. The van der Waals surface area contributed by atoms with Gasteiger partial charge in [-0.2, -0.15) is 4.98 Å². The van der Waals surface area contributed by atoms with E-state index in [-0.39, 0.29) is 0 Å². The van der Waals surface area contributed by atoms with Crippen molar-refractivity contribution in [3.8, 4) is 0 Å². The Bertz CT molecular complexity index is 661. The summed E-state index contributed by atoms with van der Waals surface area (Å²) < 4.78 is 0. The van der Waals surface area contributed by atoms with E-state index in [4.69, 9.17) is 0 Å². The summed E-state index contributed by atoms with van der Waals surface area (Å²) in [5.41, 5.74) is 2.03. The zero-order valence-corrected chi connectivity index (χ0v) is 12.7. The maximum atomic E-state index is 4.67. The molecule has 2 saturated heterocycles. The molecular weight excluding hydrogens is 276 g/mol. The van der Waals surface area contributed by atoms with Crippen LogP contribution < -0.4 is 15.5 Å². The van der Waals surface area contributed by atoms with Crippen LogP contribution in [-0.4, -0.2) is 40.1 Å². The Kier molecular flexibility index (Phi) is 3.38. The molecule has 0 spiro atoms. The van der Waals surface area contributed by atoms with Gasteiger partial charge in [0.2, 0.25) is 5.95 Å². The summed E-state index contributed by atoms with van der Waals surface area (Å²) >= 11 is 0. The Morgan fingerprint density at radius 3 is 2.82 bits per heavy atom. The number of nitrogens with zero attached hydrogens (tertiary/aromatic N) is 4. The van der Waals surface area contributed by atoms with E-state index in [9.17, 15) is 0 Å². The topological polar surface area (TPSA) is 66.0 Å². The standard InChI is InChI=1S/C16H20N6/c1-11-6-14(8-17-7-11)20-16-18-5-4-15(21-16)22-9-12-2-3-13(10-22)19-12/h4-8,12-13,19H,2-3,9-10H2,1H3,(H,18,20,21)/t12-,13+. The van der Waals surface area contributed by atoms with Crippen LogP contribution in [-0.2, 0) is 0 Å². The molecule has 4 heterocycles. The summed E-state index contributed by atoms with van der Waals surface area (Å²) in [5, 5.41) is 6.88. The smallest absolute Gasteiger partial charge is 0.229 e. The Morgan fingerprint density at radius 2 is 2.05 bits per heavy atom. The molecule has 2 bridgehead atoms. The zero-order valence-electron chi connectivity index (χ0n) is 12.7. The number of aryl methyl sites for hydroxylation is 1. The SMILES string of the molecule is Cc1cncc(Nc2nccc(N3C[C@H]4CC[C@@H](C3)N4)n2)c1. The molecule has 0 saturated carbocycles. The highest BCUT2D eigenvalue weighted by molar-refractivity contribution is 5.54. The molecule has 0 unspecified atom stereocenters. The van der Waals surface area contributed by atoms with Crippen molar-refractivity contribution in [1.82, 2.24) is 20.3 Å². The van der Waals surface area contributed by atoms with Crippen LogP contribution in [0.4, 0.5) is 17.5 Å². The maximum Gasteiger partial charge on any atom is 0.229 e. The quantitative estimate of drug-likeness (QED) is 0.901. The lowest BCUT2D eigenvalue weighted by molar-refractivity contribution is 0.463. The summed E-state index contributed by atoms with van der Waals surface area (Å²) in [4.78, 5) is 15.5. The highest BCUT2D eigenvalue weighted by Crippen LogP contribution is 2.24. The van der Waals surface area contributed by atoms with E-state index in [0.717, 1.165) is 30.2 Å². The number of hydrogen-bond acceptors (Lipinski definition) is 6. The molecule has 2 aromatic heterocycles. The zero-order chi connectivity index (χ0) is 14.9. The van der Waals surface area contributed by atoms with E-state index in [2.05, 4.69) is 30.5 Å². The van der Waals surface area contributed by atoms with Gasteiger partial charge in [-0.15, -0.1) is 0 Å². The van der Waals surface area contributed by atoms with Crippen molar-refractivity contribution in [2.24, 2.45) is 0 Å². The number of anilines is 3. The normalized spacial score (nSPS) is 23.6. The van der Waals surface area contributed by atoms with Gasteiger partial charge >= 0.3 is 0 Å². The van der Waals surface area contributed by atoms with E-state index in [1.807, 2.05) is 31.5 Å². The van der Waals surface area contributed by atoms with Gasteiger partial charge in [0.1, 0.15) is 5.82 Å².